The van der Waals surface area contributed by atoms with Gasteiger partial charge in [-0.05, 0) is 69.8 Å². The summed E-state index contributed by atoms with van der Waals surface area (Å²) in [7, 11) is 0. The van der Waals surface area contributed by atoms with Crippen LogP contribution in [0.4, 0.5) is 0 Å². The second-order valence-electron chi connectivity index (χ2n) is 8.41. The van der Waals surface area contributed by atoms with Gasteiger partial charge in [0, 0.05) is 18.1 Å². The molecule has 164 valence electrons. The van der Waals surface area contributed by atoms with Gasteiger partial charge in [0.05, 0.1) is 6.61 Å². The molecule has 0 aromatic heterocycles. The Hall–Kier alpha value is -1.61. The molecule has 1 N–H and O–H groups in total. The lowest BCUT2D eigenvalue weighted by molar-refractivity contribution is -0.140. The highest BCUT2D eigenvalue weighted by atomic mass is 16.5. The van der Waals surface area contributed by atoms with Crippen molar-refractivity contribution in [2.75, 3.05) is 13.2 Å². The zero-order chi connectivity index (χ0) is 21.3. The third-order valence-electron chi connectivity index (χ3n) is 5.61. The van der Waals surface area contributed by atoms with Crippen molar-refractivity contribution in [1.29, 1.82) is 0 Å². The zero-order valence-corrected chi connectivity index (χ0v) is 18.7. The molecule has 0 bridgehead atoms. The van der Waals surface area contributed by atoms with Crippen LogP contribution in [0.15, 0.2) is 48.1 Å². The molecule has 1 aliphatic rings. The molecule has 0 saturated carbocycles. The molecule has 0 aromatic carbocycles. The number of hydrogen-bond donors (Lipinski definition) is 1. The summed E-state index contributed by atoms with van der Waals surface area (Å²) in [6.45, 7) is 7.84. The summed E-state index contributed by atoms with van der Waals surface area (Å²) in [5.74, 6) is 0.309. The average molecular weight is 403 g/mol. The number of rotatable bonds is 11. The van der Waals surface area contributed by atoms with Crippen molar-refractivity contribution in [2.24, 2.45) is 11.8 Å². The molecule has 0 spiro atoms. The van der Waals surface area contributed by atoms with Crippen molar-refractivity contribution < 1.29 is 14.6 Å². The van der Waals surface area contributed by atoms with Crippen LogP contribution in [0.5, 0.6) is 0 Å². The normalized spacial score (nSPS) is 23.0. The summed E-state index contributed by atoms with van der Waals surface area (Å²) < 4.78 is 5.24. The van der Waals surface area contributed by atoms with E-state index in [-0.39, 0.29) is 25.1 Å². The first-order valence-electron chi connectivity index (χ1n) is 11.5. The Labute approximate surface area is 178 Å². The fourth-order valence-corrected chi connectivity index (χ4v) is 3.63. The highest BCUT2D eigenvalue weighted by molar-refractivity contribution is 5.86. The Bertz CT molecular complexity index is 556. The van der Waals surface area contributed by atoms with Crippen molar-refractivity contribution >= 4 is 5.97 Å². The molecule has 0 fully saturated rings. The van der Waals surface area contributed by atoms with E-state index >= 15 is 0 Å². The summed E-state index contributed by atoms with van der Waals surface area (Å²) in [5.41, 5.74) is 1.84. The number of ether oxygens (including phenoxy) is 1. The molecule has 2 unspecified atom stereocenters. The summed E-state index contributed by atoms with van der Waals surface area (Å²) in [6, 6.07) is 0. The highest BCUT2D eigenvalue weighted by Crippen LogP contribution is 2.24. The molecule has 1 rings (SSSR count). The Morgan fingerprint density at radius 3 is 2.83 bits per heavy atom. The predicted molar refractivity (Wildman–Crippen MR) is 123 cm³/mol. The van der Waals surface area contributed by atoms with E-state index in [1.54, 1.807) is 6.92 Å². The number of unbranched alkanes of at least 4 members (excludes halogenated alkanes) is 2. The van der Waals surface area contributed by atoms with Gasteiger partial charge in [0.1, 0.15) is 0 Å². The first-order valence-corrected chi connectivity index (χ1v) is 11.5. The van der Waals surface area contributed by atoms with Gasteiger partial charge in [-0.1, -0.05) is 63.1 Å². The second kappa shape index (κ2) is 16.2. The molecule has 1 aliphatic carbocycles. The highest BCUT2D eigenvalue weighted by Gasteiger charge is 2.15. The quantitative estimate of drug-likeness (QED) is 0.238. The van der Waals surface area contributed by atoms with Crippen LogP contribution in [0.25, 0.3) is 0 Å². The lowest BCUT2D eigenvalue weighted by atomic mass is 9.88. The monoisotopic (exact) mass is 402 g/mol. The third kappa shape index (κ3) is 12.5. The number of carbonyl (C=O) groups is 1. The van der Waals surface area contributed by atoms with Crippen molar-refractivity contribution in [3.05, 3.63) is 48.1 Å². The van der Waals surface area contributed by atoms with E-state index in [0.29, 0.717) is 11.5 Å². The molecule has 3 nitrogen and oxygen atoms in total. The Morgan fingerprint density at radius 1 is 1.28 bits per heavy atom. The molecule has 29 heavy (non-hydrogen) atoms. The van der Waals surface area contributed by atoms with Gasteiger partial charge in [-0.25, -0.2) is 4.79 Å². The first-order chi connectivity index (χ1) is 14.1. The van der Waals surface area contributed by atoms with Crippen molar-refractivity contribution in [2.45, 2.75) is 84.5 Å². The lowest BCUT2D eigenvalue weighted by Crippen LogP contribution is -2.18. The molecule has 0 aromatic rings. The molecular weight excluding hydrogens is 360 g/mol. The van der Waals surface area contributed by atoms with Crippen LogP contribution in [-0.2, 0) is 9.53 Å². The van der Waals surface area contributed by atoms with Gasteiger partial charge in [-0.15, -0.1) is 0 Å². The van der Waals surface area contributed by atoms with E-state index in [2.05, 4.69) is 43.9 Å². The number of aliphatic hydroxyl groups is 1. The summed E-state index contributed by atoms with van der Waals surface area (Å²) in [5, 5.41) is 9.64. The van der Waals surface area contributed by atoms with Crippen molar-refractivity contribution in [3.63, 3.8) is 0 Å². The van der Waals surface area contributed by atoms with Crippen LogP contribution >= 0.6 is 0 Å². The fourth-order valence-electron chi connectivity index (χ4n) is 3.63. The van der Waals surface area contributed by atoms with Gasteiger partial charge in [-0.3, -0.25) is 0 Å². The molecule has 2 atom stereocenters. The maximum atomic E-state index is 11.6. The maximum Gasteiger partial charge on any atom is 0.333 e. The van der Waals surface area contributed by atoms with Crippen LogP contribution in [-0.4, -0.2) is 24.3 Å². The smallest absolute Gasteiger partial charge is 0.333 e. The minimum absolute atomic E-state index is 0.0169. The zero-order valence-electron chi connectivity index (χ0n) is 18.7. The van der Waals surface area contributed by atoms with Crippen LogP contribution < -0.4 is 0 Å². The van der Waals surface area contributed by atoms with E-state index in [4.69, 9.17) is 4.74 Å². The van der Waals surface area contributed by atoms with Gasteiger partial charge in [-0.2, -0.15) is 0 Å². The number of aliphatic hydroxyl groups excluding tert-OH is 1. The van der Waals surface area contributed by atoms with Gasteiger partial charge in [0.25, 0.3) is 0 Å². The molecule has 0 amide bonds. The third-order valence-corrected chi connectivity index (χ3v) is 5.61. The molecule has 0 aliphatic heterocycles. The van der Waals surface area contributed by atoms with Gasteiger partial charge in [0.15, 0.2) is 0 Å². The molecule has 0 radical (unpaired) electrons. The molecular formula is C26H42O3. The number of hydrogen-bond acceptors (Lipinski definition) is 3. The van der Waals surface area contributed by atoms with Crippen LogP contribution in [0.1, 0.15) is 84.5 Å². The van der Waals surface area contributed by atoms with E-state index in [1.807, 2.05) is 0 Å². The topological polar surface area (TPSA) is 46.5 Å². The Kier molecular flexibility index (Phi) is 14.2. The number of carbonyl (C=O) groups excluding carboxylic acids is 1. The lowest BCUT2D eigenvalue weighted by Gasteiger charge is -2.20. The SMILES string of the molecule is C=C(C)C(=O)OCC(CO)CCC1CC\C=C/C(CCCCC)=C\C=C\CCC1. The fraction of sp³-hybridized carbons (Fsp3) is 0.654. The minimum atomic E-state index is -0.367. The minimum Gasteiger partial charge on any atom is -0.462 e. The molecule has 0 heterocycles. The van der Waals surface area contributed by atoms with Crippen molar-refractivity contribution in [1.82, 2.24) is 0 Å². The first kappa shape index (κ1) is 25.4. The van der Waals surface area contributed by atoms with Crippen LogP contribution in [0.3, 0.4) is 0 Å². The van der Waals surface area contributed by atoms with E-state index in [0.717, 1.165) is 25.7 Å². The van der Waals surface area contributed by atoms with E-state index in [9.17, 15) is 9.90 Å². The average Bonchev–Trinajstić information content (AvgIpc) is 2.70. The molecule has 0 saturated heterocycles. The van der Waals surface area contributed by atoms with Crippen LogP contribution in [0.2, 0.25) is 0 Å². The second-order valence-corrected chi connectivity index (χ2v) is 8.41. The van der Waals surface area contributed by atoms with Gasteiger partial charge in [0.2, 0.25) is 0 Å². The predicted octanol–water partition coefficient (Wildman–Crippen LogP) is 6.69. The van der Waals surface area contributed by atoms with Gasteiger partial charge < -0.3 is 9.84 Å². The summed E-state index contributed by atoms with van der Waals surface area (Å²) >= 11 is 0. The van der Waals surface area contributed by atoms with E-state index in [1.165, 1.54) is 50.5 Å². The Morgan fingerprint density at radius 2 is 2.10 bits per heavy atom. The van der Waals surface area contributed by atoms with E-state index < -0.39 is 0 Å². The van der Waals surface area contributed by atoms with Gasteiger partial charge >= 0.3 is 5.97 Å². The summed E-state index contributed by atoms with van der Waals surface area (Å²) in [6.07, 6.45) is 24.2. The maximum absolute atomic E-state index is 11.6. The number of allylic oxidation sites excluding steroid dienone is 6. The molecule has 3 heteroatoms. The largest absolute Gasteiger partial charge is 0.462 e. The summed E-state index contributed by atoms with van der Waals surface area (Å²) in [4.78, 5) is 11.6. The number of esters is 1. The van der Waals surface area contributed by atoms with Crippen molar-refractivity contribution in [3.8, 4) is 0 Å². The van der Waals surface area contributed by atoms with Crippen LogP contribution in [0, 0.1) is 11.8 Å². The Balaban J connectivity index is 2.50. The standard InChI is InChI=1S/C26H42O3/c1-4-5-8-13-23-14-9-6-7-10-15-24(17-12-11-16-23)18-19-25(20-27)21-29-26(28)22(2)3/h6,9,11,14,16,24-25,27H,2,4-5,7-8,10,12-13,15,17-21H2,1,3H3/b9-6+,16-11-,23-14-.